The van der Waals surface area contributed by atoms with Crippen molar-refractivity contribution >= 4 is 84.8 Å². The van der Waals surface area contributed by atoms with Crippen LogP contribution in [0.4, 0.5) is 34.1 Å². The Morgan fingerprint density at radius 1 is 0.301 bits per heavy atom. The van der Waals surface area contributed by atoms with Gasteiger partial charge in [0.2, 0.25) is 0 Å². The molecule has 1 aliphatic carbocycles. The Bertz CT molecular complexity index is 3900. The number of rotatable bonds is 11. The summed E-state index contributed by atoms with van der Waals surface area (Å²) in [6.45, 7) is 4.71. The molecule has 12 aromatic rings. The zero-order valence-electron chi connectivity index (χ0n) is 41.0. The van der Waals surface area contributed by atoms with E-state index in [0.29, 0.717) is 0 Å². The van der Waals surface area contributed by atoms with Crippen LogP contribution in [0.5, 0.6) is 0 Å². The normalized spacial score (nSPS) is 12.6. The van der Waals surface area contributed by atoms with Gasteiger partial charge in [0.25, 0.3) is 0 Å². The van der Waals surface area contributed by atoms with E-state index in [9.17, 15) is 0 Å². The highest BCUT2D eigenvalue weighted by Gasteiger charge is 2.42. The van der Waals surface area contributed by atoms with Gasteiger partial charge >= 0.3 is 0 Å². The molecule has 73 heavy (non-hydrogen) atoms. The molecule has 0 aliphatic heterocycles. The van der Waals surface area contributed by atoms with Crippen LogP contribution in [0.2, 0.25) is 0 Å². The smallest absolute Gasteiger partial charge is 0.179 e. The van der Waals surface area contributed by atoms with Gasteiger partial charge in [0.15, 0.2) is 8.07 Å². The molecule has 4 heteroatoms. The summed E-state index contributed by atoms with van der Waals surface area (Å²) in [6, 6.07) is 106. The number of aromatic nitrogens is 1. The van der Waals surface area contributed by atoms with Gasteiger partial charge in [-0.2, -0.15) is 0 Å². The molecule has 0 saturated heterocycles. The summed E-state index contributed by atoms with van der Waals surface area (Å²) in [5.41, 5.74) is 15.4. The lowest BCUT2D eigenvalue weighted by atomic mass is 9.82. The van der Waals surface area contributed by atoms with Gasteiger partial charge in [0.1, 0.15) is 0 Å². The van der Waals surface area contributed by atoms with Gasteiger partial charge in [-0.3, -0.25) is 0 Å². The van der Waals surface area contributed by atoms with Crippen LogP contribution in [0, 0.1) is 0 Å². The Kier molecular flexibility index (Phi) is 10.9. The molecule has 0 saturated carbocycles. The lowest BCUT2D eigenvalue weighted by Crippen LogP contribution is -2.74. The minimum Gasteiger partial charge on any atom is -0.310 e. The van der Waals surface area contributed by atoms with Crippen molar-refractivity contribution < 1.29 is 0 Å². The van der Waals surface area contributed by atoms with E-state index in [2.05, 4.69) is 313 Å². The second-order valence-corrected chi connectivity index (χ2v) is 23.5. The zero-order chi connectivity index (χ0) is 48.9. The van der Waals surface area contributed by atoms with Gasteiger partial charge in [-0.1, -0.05) is 202 Å². The van der Waals surface area contributed by atoms with Crippen molar-refractivity contribution in [3.63, 3.8) is 0 Å². The molecule has 0 radical (unpaired) electrons. The first-order chi connectivity index (χ1) is 36.0. The van der Waals surface area contributed by atoms with Gasteiger partial charge in [-0.25, -0.2) is 0 Å². The summed E-state index contributed by atoms with van der Waals surface area (Å²) in [5.74, 6) is 0. The third-order valence-electron chi connectivity index (χ3n) is 15.3. The van der Waals surface area contributed by atoms with Gasteiger partial charge in [0, 0.05) is 56.0 Å². The van der Waals surface area contributed by atoms with Crippen molar-refractivity contribution in [2.45, 2.75) is 19.3 Å². The van der Waals surface area contributed by atoms with Crippen LogP contribution in [0.25, 0.3) is 38.6 Å². The summed E-state index contributed by atoms with van der Waals surface area (Å²) in [4.78, 5) is 4.89. The summed E-state index contributed by atoms with van der Waals surface area (Å²) in [7, 11) is -3.11. The third-order valence-corrected chi connectivity index (χ3v) is 20.0. The highest BCUT2D eigenvalue weighted by molar-refractivity contribution is 7.20. The Hall–Kier alpha value is -8.96. The fourth-order valence-electron chi connectivity index (χ4n) is 12.0. The van der Waals surface area contributed by atoms with Crippen LogP contribution in [0.15, 0.2) is 285 Å². The van der Waals surface area contributed by atoms with Gasteiger partial charge in [0.05, 0.1) is 11.0 Å². The first-order valence-electron chi connectivity index (χ1n) is 25.3. The topological polar surface area (TPSA) is 11.4 Å². The van der Waals surface area contributed by atoms with E-state index in [1.54, 1.807) is 0 Å². The van der Waals surface area contributed by atoms with E-state index in [-0.39, 0.29) is 5.41 Å². The number of hydrogen-bond donors (Lipinski definition) is 0. The molecule has 0 N–H and O–H groups in total. The molecule has 1 aromatic heterocycles. The Balaban J connectivity index is 1.02. The molecule has 0 amide bonds. The Morgan fingerprint density at radius 2 is 0.726 bits per heavy atom. The molecule has 3 nitrogen and oxygen atoms in total. The molecule has 0 bridgehead atoms. The van der Waals surface area contributed by atoms with Crippen LogP contribution in [0.1, 0.15) is 25.0 Å². The largest absolute Gasteiger partial charge is 0.310 e. The summed E-state index contributed by atoms with van der Waals surface area (Å²) in [5, 5.41) is 7.67. The van der Waals surface area contributed by atoms with Crippen molar-refractivity contribution in [2.75, 3.05) is 9.80 Å². The van der Waals surface area contributed by atoms with Gasteiger partial charge < -0.3 is 14.4 Å². The van der Waals surface area contributed by atoms with Crippen molar-refractivity contribution in [2.24, 2.45) is 0 Å². The van der Waals surface area contributed by atoms with E-state index >= 15 is 0 Å². The summed E-state index contributed by atoms with van der Waals surface area (Å²) >= 11 is 0. The minimum absolute atomic E-state index is 0.0846. The molecule has 0 unspecified atom stereocenters. The number of anilines is 6. The number of hydrogen-bond acceptors (Lipinski definition) is 2. The molecule has 1 heterocycles. The van der Waals surface area contributed by atoms with E-state index < -0.39 is 8.07 Å². The maximum atomic E-state index is 2.49. The Morgan fingerprint density at radius 3 is 1.33 bits per heavy atom. The molecule has 348 valence electrons. The predicted molar refractivity (Wildman–Crippen MR) is 311 cm³/mol. The lowest BCUT2D eigenvalue weighted by Gasteiger charge is -2.36. The van der Waals surface area contributed by atoms with Crippen LogP contribution >= 0.6 is 0 Å². The molecular weight excluding hydrogens is 899 g/mol. The number of nitrogens with zero attached hydrogens (tertiary/aromatic N) is 3. The van der Waals surface area contributed by atoms with E-state index in [0.717, 1.165) is 39.8 Å². The maximum Gasteiger partial charge on any atom is 0.179 e. The first-order valence-corrected chi connectivity index (χ1v) is 27.3. The van der Waals surface area contributed by atoms with Crippen molar-refractivity contribution in [1.82, 2.24) is 4.57 Å². The molecule has 1 aliphatic rings. The molecule has 0 spiro atoms. The highest BCUT2D eigenvalue weighted by Crippen LogP contribution is 2.50. The number of benzene rings is 11. The van der Waals surface area contributed by atoms with Crippen molar-refractivity contribution in [3.05, 3.63) is 296 Å². The third kappa shape index (κ3) is 7.33. The van der Waals surface area contributed by atoms with Crippen LogP contribution in [-0.4, -0.2) is 12.6 Å². The molecule has 0 atom stereocenters. The van der Waals surface area contributed by atoms with Gasteiger partial charge in [-0.15, -0.1) is 0 Å². The lowest BCUT2D eigenvalue weighted by molar-refractivity contribution is 0.660. The SMILES string of the molecule is CC1(C)c2ccccc2-c2cc(N(c3ccccc3)c3cccc([Si](c4ccccc4)(c4ccccc4)c4cccc(N(c5ccccc5)c5ccc6c(c5)c5ccccc5n6-c5ccccc5)c4)c3)ccc21. The fourth-order valence-corrected chi connectivity index (χ4v) is 16.8. The van der Waals surface area contributed by atoms with Crippen LogP contribution < -0.4 is 30.5 Å². The second kappa shape index (κ2) is 18.0. The number of fused-ring (bicyclic) bond motifs is 6. The van der Waals surface area contributed by atoms with E-state index in [4.69, 9.17) is 0 Å². The quantitative estimate of drug-likeness (QED) is 0.0945. The maximum absolute atomic E-state index is 3.11. The molecule has 11 aromatic carbocycles. The molecular formula is C69H53N3Si. The average molecular weight is 952 g/mol. The first kappa shape index (κ1) is 44.0. The van der Waals surface area contributed by atoms with E-state index in [1.807, 2.05) is 0 Å². The Labute approximate surface area is 429 Å². The van der Waals surface area contributed by atoms with Crippen molar-refractivity contribution in [1.29, 1.82) is 0 Å². The molecule has 0 fully saturated rings. The van der Waals surface area contributed by atoms with E-state index in [1.165, 1.54) is 64.8 Å². The highest BCUT2D eigenvalue weighted by atomic mass is 28.3. The molecule has 13 rings (SSSR count). The monoisotopic (exact) mass is 951 g/mol. The van der Waals surface area contributed by atoms with Crippen molar-refractivity contribution in [3.8, 4) is 16.8 Å². The summed E-state index contributed by atoms with van der Waals surface area (Å²) < 4.78 is 2.39. The average Bonchev–Trinajstić information content (AvgIpc) is 3.90. The summed E-state index contributed by atoms with van der Waals surface area (Å²) in [6.07, 6.45) is 0. The predicted octanol–water partition coefficient (Wildman–Crippen LogP) is 15.4. The van der Waals surface area contributed by atoms with Crippen LogP contribution in [-0.2, 0) is 5.41 Å². The van der Waals surface area contributed by atoms with Gasteiger partial charge in [-0.05, 0) is 140 Å². The standard InChI is InChI=1S/C69H53N3Si/c1-69(2)65-40-20-18-38-61(65)63-48-55(42-44-66(63)69)70(50-24-8-3-9-25-50)53-30-22-36-59(46-53)73(57-32-14-6-15-33-57,58-34-16-7-17-35-58)60-37-23-31-54(47-60)71(51-26-10-4-11-27-51)56-43-45-68-64(49-56)62-39-19-21-41-67(62)72(68)52-28-12-5-13-29-52/h3-49H,1-2H3. The minimum atomic E-state index is -3.11. The second-order valence-electron chi connectivity index (χ2n) is 19.7. The van der Waals surface area contributed by atoms with Crippen LogP contribution in [0.3, 0.4) is 0 Å². The number of para-hydroxylation sites is 4. The fraction of sp³-hybridized carbons (Fsp3) is 0.0435. The zero-order valence-corrected chi connectivity index (χ0v) is 42.0.